The Labute approximate surface area is 217 Å². The lowest BCUT2D eigenvalue weighted by atomic mass is 10.2. The molecule has 0 radical (unpaired) electrons. The molecule has 2 aromatic carbocycles. The van der Waals surface area contributed by atoms with E-state index in [1.807, 2.05) is 20.8 Å². The highest BCUT2D eigenvalue weighted by atomic mass is 79.9. The minimum absolute atomic E-state index is 0.119. The van der Waals surface area contributed by atoms with Crippen LogP contribution in [0.25, 0.3) is 0 Å². The van der Waals surface area contributed by atoms with E-state index in [4.69, 9.17) is 21.1 Å². The van der Waals surface area contributed by atoms with Crippen molar-refractivity contribution < 1.29 is 23.9 Å². The van der Waals surface area contributed by atoms with Crippen molar-refractivity contribution in [2.24, 2.45) is 5.10 Å². The Morgan fingerprint density at radius 2 is 1.91 bits per heavy atom. The van der Waals surface area contributed by atoms with Gasteiger partial charge in [0.05, 0.1) is 17.3 Å². The van der Waals surface area contributed by atoms with Gasteiger partial charge < -0.3 is 20.1 Å². The molecule has 11 heteroatoms. The second kappa shape index (κ2) is 13.7. The number of benzene rings is 2. The first kappa shape index (κ1) is 28.1. The number of amides is 3. The second-order valence-electron chi connectivity index (χ2n) is 7.49. The van der Waals surface area contributed by atoms with E-state index < -0.39 is 11.8 Å². The smallest absolute Gasteiger partial charge is 0.329 e. The van der Waals surface area contributed by atoms with Crippen LogP contribution >= 0.6 is 27.5 Å². The number of anilines is 1. The van der Waals surface area contributed by atoms with Gasteiger partial charge in [-0.2, -0.15) is 5.10 Å². The number of nitrogens with one attached hydrogen (secondary N) is 3. The molecular formula is C24H28BrClN4O5. The standard InChI is InChI=1S/C24H28BrClN4O5/c1-5-14(3)28-23(32)24(33)30-27-12-16-10-17(25)22(20(11-16)34-6-2)35-13-21(31)29-19-9-7-8-18(26)15(19)4/h7-12,14H,5-6,13H2,1-4H3,(H,28,32)(H,29,31)(H,30,33)/b27-12-/t14-/m0/s1. The maximum absolute atomic E-state index is 12.4. The summed E-state index contributed by atoms with van der Waals surface area (Å²) in [7, 11) is 0. The molecule has 0 aliphatic rings. The molecular weight excluding hydrogens is 540 g/mol. The number of halogens is 2. The van der Waals surface area contributed by atoms with Crippen LogP contribution in [0, 0.1) is 6.92 Å². The summed E-state index contributed by atoms with van der Waals surface area (Å²) in [5.41, 5.74) is 4.11. The zero-order valence-corrected chi connectivity index (χ0v) is 22.2. The van der Waals surface area contributed by atoms with E-state index in [1.54, 1.807) is 37.3 Å². The Morgan fingerprint density at radius 3 is 2.60 bits per heavy atom. The fourth-order valence-corrected chi connectivity index (χ4v) is 3.49. The number of hydrazone groups is 1. The van der Waals surface area contributed by atoms with Crippen molar-refractivity contribution in [3.63, 3.8) is 0 Å². The summed E-state index contributed by atoms with van der Waals surface area (Å²) in [5.74, 6) is -1.29. The monoisotopic (exact) mass is 566 g/mol. The Hall–Kier alpha value is -3.11. The van der Waals surface area contributed by atoms with Crippen molar-refractivity contribution in [1.82, 2.24) is 10.7 Å². The van der Waals surface area contributed by atoms with Crippen LogP contribution in [0.5, 0.6) is 11.5 Å². The average Bonchev–Trinajstić information content (AvgIpc) is 2.81. The lowest BCUT2D eigenvalue weighted by Crippen LogP contribution is -2.41. The fraction of sp³-hybridized carbons (Fsp3) is 0.333. The van der Waals surface area contributed by atoms with E-state index in [2.05, 4.69) is 37.1 Å². The van der Waals surface area contributed by atoms with E-state index in [0.717, 1.165) is 5.56 Å². The number of nitrogens with zero attached hydrogens (tertiary/aromatic N) is 1. The van der Waals surface area contributed by atoms with Gasteiger partial charge in [-0.3, -0.25) is 14.4 Å². The number of hydrogen-bond acceptors (Lipinski definition) is 6. The van der Waals surface area contributed by atoms with E-state index >= 15 is 0 Å². The van der Waals surface area contributed by atoms with Crippen molar-refractivity contribution in [1.29, 1.82) is 0 Å². The van der Waals surface area contributed by atoms with Gasteiger partial charge >= 0.3 is 11.8 Å². The molecule has 0 spiro atoms. The van der Waals surface area contributed by atoms with Gasteiger partial charge in [-0.1, -0.05) is 24.6 Å². The Bertz CT molecular complexity index is 1110. The molecule has 2 aromatic rings. The molecule has 0 heterocycles. The molecule has 2 rings (SSSR count). The lowest BCUT2D eigenvalue weighted by Gasteiger charge is -2.15. The van der Waals surface area contributed by atoms with Gasteiger partial charge in [-0.15, -0.1) is 0 Å². The first-order valence-electron chi connectivity index (χ1n) is 10.9. The van der Waals surface area contributed by atoms with Crippen molar-refractivity contribution >= 4 is 57.2 Å². The highest BCUT2D eigenvalue weighted by Gasteiger charge is 2.16. The first-order valence-corrected chi connectivity index (χ1v) is 12.1. The summed E-state index contributed by atoms with van der Waals surface area (Å²) < 4.78 is 11.9. The van der Waals surface area contributed by atoms with Crippen LogP contribution in [-0.4, -0.2) is 43.2 Å². The van der Waals surface area contributed by atoms with Gasteiger partial charge in [-0.25, -0.2) is 5.43 Å². The third kappa shape index (κ3) is 8.56. The number of carbonyl (C=O) groups excluding carboxylic acids is 3. The van der Waals surface area contributed by atoms with Gasteiger partial charge in [0.15, 0.2) is 18.1 Å². The van der Waals surface area contributed by atoms with Crippen molar-refractivity contribution in [2.45, 2.75) is 40.2 Å². The molecule has 35 heavy (non-hydrogen) atoms. The Kier molecular flexibility index (Phi) is 11.0. The topological polar surface area (TPSA) is 118 Å². The molecule has 0 aromatic heterocycles. The van der Waals surface area contributed by atoms with Crippen molar-refractivity contribution in [3.8, 4) is 11.5 Å². The minimum atomic E-state index is -0.869. The summed E-state index contributed by atoms with van der Waals surface area (Å²) in [6.07, 6.45) is 2.06. The van der Waals surface area contributed by atoms with Gasteiger partial charge in [0, 0.05) is 16.8 Å². The van der Waals surface area contributed by atoms with Crippen molar-refractivity contribution in [3.05, 3.63) is 51.0 Å². The number of hydrogen-bond donors (Lipinski definition) is 3. The summed E-state index contributed by atoms with van der Waals surface area (Å²) in [5, 5.41) is 9.70. The Balaban J connectivity index is 2.06. The van der Waals surface area contributed by atoms with Crippen LogP contribution in [0.15, 0.2) is 39.9 Å². The third-order valence-corrected chi connectivity index (χ3v) is 5.80. The summed E-state index contributed by atoms with van der Waals surface area (Å²) in [4.78, 5) is 36.1. The van der Waals surface area contributed by atoms with Crippen LogP contribution in [0.4, 0.5) is 5.69 Å². The predicted molar refractivity (Wildman–Crippen MR) is 139 cm³/mol. The fourth-order valence-electron chi connectivity index (χ4n) is 2.74. The predicted octanol–water partition coefficient (Wildman–Crippen LogP) is 4.19. The molecule has 188 valence electrons. The second-order valence-corrected chi connectivity index (χ2v) is 8.76. The maximum atomic E-state index is 12.4. The molecule has 0 bridgehead atoms. The number of ether oxygens (including phenoxy) is 2. The molecule has 1 atom stereocenters. The van der Waals surface area contributed by atoms with E-state index in [-0.39, 0.29) is 18.6 Å². The highest BCUT2D eigenvalue weighted by Crippen LogP contribution is 2.36. The lowest BCUT2D eigenvalue weighted by molar-refractivity contribution is -0.139. The van der Waals surface area contributed by atoms with E-state index in [9.17, 15) is 14.4 Å². The van der Waals surface area contributed by atoms with E-state index in [0.29, 0.717) is 45.3 Å². The highest BCUT2D eigenvalue weighted by molar-refractivity contribution is 9.10. The van der Waals surface area contributed by atoms with Crippen LogP contribution in [-0.2, 0) is 14.4 Å². The maximum Gasteiger partial charge on any atom is 0.329 e. The van der Waals surface area contributed by atoms with Crippen LogP contribution in [0.1, 0.15) is 38.3 Å². The molecule has 3 amide bonds. The van der Waals surface area contributed by atoms with Gasteiger partial charge in [0.25, 0.3) is 5.91 Å². The van der Waals surface area contributed by atoms with E-state index in [1.165, 1.54) is 6.21 Å². The molecule has 0 aliphatic carbocycles. The molecule has 0 saturated carbocycles. The third-order valence-electron chi connectivity index (χ3n) is 4.80. The summed E-state index contributed by atoms with van der Waals surface area (Å²) in [6, 6.07) is 8.43. The van der Waals surface area contributed by atoms with Crippen LogP contribution in [0.3, 0.4) is 0 Å². The van der Waals surface area contributed by atoms with Crippen LogP contribution < -0.4 is 25.5 Å². The summed E-state index contributed by atoms with van der Waals surface area (Å²) >= 11 is 9.52. The number of rotatable bonds is 10. The first-order chi connectivity index (χ1) is 16.7. The van der Waals surface area contributed by atoms with Crippen molar-refractivity contribution in [2.75, 3.05) is 18.5 Å². The van der Waals surface area contributed by atoms with Crippen LogP contribution in [0.2, 0.25) is 5.02 Å². The van der Waals surface area contributed by atoms with Gasteiger partial charge in [0.1, 0.15) is 0 Å². The molecule has 9 nitrogen and oxygen atoms in total. The zero-order chi connectivity index (χ0) is 26.0. The Morgan fingerprint density at radius 1 is 1.17 bits per heavy atom. The quantitative estimate of drug-likeness (QED) is 0.226. The zero-order valence-electron chi connectivity index (χ0n) is 19.9. The molecule has 0 saturated heterocycles. The SMILES string of the molecule is CCOc1cc(/C=N\NC(=O)C(=O)N[C@@H](C)CC)cc(Br)c1OCC(=O)Nc1cccc(Cl)c1C. The average molecular weight is 568 g/mol. The normalized spacial score (nSPS) is 11.6. The molecule has 3 N–H and O–H groups in total. The van der Waals surface area contributed by atoms with Gasteiger partial charge in [-0.05, 0) is 78.5 Å². The molecule has 0 aliphatic heterocycles. The van der Waals surface area contributed by atoms with Gasteiger partial charge in [0.2, 0.25) is 0 Å². The molecule has 0 fully saturated rings. The molecule has 0 unspecified atom stereocenters. The summed E-state index contributed by atoms with van der Waals surface area (Å²) in [6.45, 7) is 7.40. The largest absolute Gasteiger partial charge is 0.490 e. The number of carbonyl (C=O) groups is 3. The minimum Gasteiger partial charge on any atom is -0.490 e.